The summed E-state index contributed by atoms with van der Waals surface area (Å²) in [6.07, 6.45) is 0.671. The summed E-state index contributed by atoms with van der Waals surface area (Å²) in [7, 11) is 4.79. The molecule has 0 fully saturated rings. The molecule has 0 aromatic carbocycles. The number of amides is 1. The molecule has 0 heterocycles. The van der Waals surface area contributed by atoms with Crippen LogP contribution in [-0.2, 0) is 9.53 Å². The highest BCUT2D eigenvalue weighted by Gasteiger charge is 2.03. The third-order valence-electron chi connectivity index (χ3n) is 1.22. The van der Waals surface area contributed by atoms with E-state index in [9.17, 15) is 4.79 Å². The van der Waals surface area contributed by atoms with Crippen LogP contribution in [0.25, 0.3) is 0 Å². The van der Waals surface area contributed by atoms with Crippen molar-refractivity contribution in [3.63, 3.8) is 0 Å². The summed E-state index contributed by atoms with van der Waals surface area (Å²) in [6, 6.07) is 0. The Morgan fingerprint density at radius 3 is 2.40 bits per heavy atom. The molecule has 0 spiro atoms. The van der Waals surface area contributed by atoms with Gasteiger partial charge < -0.3 is 4.74 Å². The first-order chi connectivity index (χ1) is 4.63. The van der Waals surface area contributed by atoms with Crippen molar-refractivity contribution < 1.29 is 9.53 Å². The van der Waals surface area contributed by atoms with Gasteiger partial charge in [0.25, 0.3) is 0 Å². The molecule has 1 amide bonds. The van der Waals surface area contributed by atoms with Gasteiger partial charge in [0.05, 0.1) is 7.11 Å². The Labute approximate surface area is 60.6 Å². The maximum Gasteiger partial charge on any atom is 0.228 e. The molecule has 4 nitrogen and oxygen atoms in total. The number of hydrazine groups is 1. The summed E-state index contributed by atoms with van der Waals surface area (Å²) in [5, 5.41) is 2.82. The highest BCUT2D eigenvalue weighted by Crippen LogP contribution is 1.98. The number of methoxy groups -OCH3 is 1. The molecule has 0 aliphatic heterocycles. The third-order valence-corrected chi connectivity index (χ3v) is 1.22. The van der Waals surface area contributed by atoms with Crippen LogP contribution in [0.2, 0.25) is 0 Å². The number of nitrogens with zero attached hydrogens (tertiary/aromatic N) is 2. The summed E-state index contributed by atoms with van der Waals surface area (Å²) < 4.78 is 4.77. The number of carbonyl (C=O) groups excluding carboxylic acids is 1. The summed E-state index contributed by atoms with van der Waals surface area (Å²) in [5.41, 5.74) is 0. The van der Waals surface area contributed by atoms with Gasteiger partial charge in [0.15, 0.2) is 5.88 Å². The zero-order valence-corrected chi connectivity index (χ0v) is 6.50. The number of carbonyl (C=O) groups is 1. The van der Waals surface area contributed by atoms with Crippen molar-refractivity contribution in [3.8, 4) is 0 Å². The molecule has 10 heavy (non-hydrogen) atoms. The molecular weight excluding hydrogens is 132 g/mol. The van der Waals surface area contributed by atoms with Crippen LogP contribution in [0.3, 0.4) is 0 Å². The fraction of sp³-hybridized carbons (Fsp3) is 0.500. The van der Waals surface area contributed by atoms with Crippen molar-refractivity contribution in [2.24, 2.45) is 0 Å². The zero-order valence-electron chi connectivity index (χ0n) is 6.50. The average molecular weight is 144 g/mol. The molecular formula is C6H12N2O2. The standard InChI is InChI=1S/C6H12N2O2/c1-6(10-4)8(3)7(2)5-9/h5H,1H2,2-4H3. The van der Waals surface area contributed by atoms with Crippen LogP contribution in [0.1, 0.15) is 0 Å². The molecule has 0 aromatic heterocycles. The molecule has 0 saturated heterocycles. The van der Waals surface area contributed by atoms with Crippen molar-refractivity contribution >= 4 is 6.41 Å². The predicted octanol–water partition coefficient (Wildman–Crippen LogP) is 0.0390. The van der Waals surface area contributed by atoms with Crippen LogP contribution in [0.5, 0.6) is 0 Å². The van der Waals surface area contributed by atoms with E-state index in [4.69, 9.17) is 4.74 Å². The number of hydrogen-bond donors (Lipinski definition) is 0. The lowest BCUT2D eigenvalue weighted by Gasteiger charge is -2.26. The van der Waals surface area contributed by atoms with E-state index in [1.807, 2.05) is 0 Å². The Morgan fingerprint density at radius 1 is 1.60 bits per heavy atom. The van der Waals surface area contributed by atoms with Crippen LogP contribution in [0.4, 0.5) is 0 Å². The minimum Gasteiger partial charge on any atom is -0.482 e. The van der Waals surface area contributed by atoms with Gasteiger partial charge in [-0.2, -0.15) is 0 Å². The van der Waals surface area contributed by atoms with Crippen molar-refractivity contribution in [1.82, 2.24) is 10.0 Å². The Bertz CT molecular complexity index is 136. The second-order valence-corrected chi connectivity index (χ2v) is 1.80. The number of ether oxygens (including phenoxy) is 1. The molecule has 0 aromatic rings. The van der Waals surface area contributed by atoms with Gasteiger partial charge in [0, 0.05) is 14.1 Å². The van der Waals surface area contributed by atoms with Gasteiger partial charge in [-0.25, -0.2) is 0 Å². The first kappa shape index (κ1) is 8.81. The zero-order chi connectivity index (χ0) is 8.15. The second-order valence-electron chi connectivity index (χ2n) is 1.80. The van der Waals surface area contributed by atoms with Gasteiger partial charge in [0.1, 0.15) is 0 Å². The first-order valence-electron chi connectivity index (χ1n) is 2.78. The molecule has 0 aliphatic carbocycles. The third kappa shape index (κ3) is 1.97. The minimum absolute atomic E-state index is 0.426. The van der Waals surface area contributed by atoms with Crippen LogP contribution in [0, 0.1) is 0 Å². The molecule has 0 saturated carbocycles. The number of rotatable bonds is 4. The van der Waals surface area contributed by atoms with E-state index >= 15 is 0 Å². The Morgan fingerprint density at radius 2 is 2.10 bits per heavy atom. The molecule has 0 bridgehead atoms. The molecule has 0 unspecified atom stereocenters. The average Bonchev–Trinajstić information content (AvgIpc) is 2.00. The number of hydrogen-bond acceptors (Lipinski definition) is 3. The Hall–Kier alpha value is -1.19. The quantitative estimate of drug-likeness (QED) is 0.317. The van der Waals surface area contributed by atoms with Crippen molar-refractivity contribution in [2.45, 2.75) is 0 Å². The Balaban J connectivity index is 3.93. The molecule has 0 rings (SSSR count). The molecule has 0 N–H and O–H groups in total. The Kier molecular flexibility index (Phi) is 3.32. The molecule has 0 aliphatic rings. The van der Waals surface area contributed by atoms with Crippen molar-refractivity contribution in [1.29, 1.82) is 0 Å². The fourth-order valence-corrected chi connectivity index (χ4v) is 0.379. The monoisotopic (exact) mass is 144 g/mol. The maximum absolute atomic E-state index is 10.2. The van der Waals surface area contributed by atoms with Gasteiger partial charge in [-0.15, -0.1) is 0 Å². The topological polar surface area (TPSA) is 32.8 Å². The van der Waals surface area contributed by atoms with Crippen molar-refractivity contribution in [2.75, 3.05) is 21.2 Å². The predicted molar refractivity (Wildman–Crippen MR) is 37.7 cm³/mol. The van der Waals surface area contributed by atoms with Gasteiger partial charge in [-0.3, -0.25) is 14.8 Å². The van der Waals surface area contributed by atoms with E-state index in [2.05, 4.69) is 6.58 Å². The lowest BCUT2D eigenvalue weighted by molar-refractivity contribution is -0.129. The van der Waals surface area contributed by atoms with Crippen molar-refractivity contribution in [3.05, 3.63) is 12.5 Å². The van der Waals surface area contributed by atoms with Crippen LogP contribution in [0.15, 0.2) is 12.5 Å². The molecule has 0 atom stereocenters. The molecule has 4 heteroatoms. The van der Waals surface area contributed by atoms with E-state index in [1.165, 1.54) is 17.1 Å². The smallest absolute Gasteiger partial charge is 0.228 e. The minimum atomic E-state index is 0.426. The van der Waals surface area contributed by atoms with Gasteiger partial charge in [0.2, 0.25) is 6.41 Å². The summed E-state index contributed by atoms with van der Waals surface area (Å²) in [6.45, 7) is 3.55. The SMILES string of the molecule is C=C(OC)N(C)N(C)C=O. The van der Waals surface area contributed by atoms with E-state index in [-0.39, 0.29) is 0 Å². The van der Waals surface area contributed by atoms with E-state index in [0.29, 0.717) is 12.3 Å². The highest BCUT2D eigenvalue weighted by molar-refractivity contribution is 5.45. The second kappa shape index (κ2) is 3.76. The van der Waals surface area contributed by atoms with E-state index < -0.39 is 0 Å². The largest absolute Gasteiger partial charge is 0.482 e. The summed E-state index contributed by atoms with van der Waals surface area (Å²) >= 11 is 0. The first-order valence-corrected chi connectivity index (χ1v) is 2.78. The van der Waals surface area contributed by atoms with Crippen LogP contribution < -0.4 is 0 Å². The lowest BCUT2D eigenvalue weighted by Crippen LogP contribution is -2.34. The van der Waals surface area contributed by atoms with Gasteiger partial charge in [-0.05, 0) is 6.58 Å². The fourth-order valence-electron chi connectivity index (χ4n) is 0.379. The van der Waals surface area contributed by atoms with Gasteiger partial charge in [-0.1, -0.05) is 0 Å². The van der Waals surface area contributed by atoms with Crippen LogP contribution in [-0.4, -0.2) is 37.6 Å². The highest BCUT2D eigenvalue weighted by atomic mass is 16.5. The van der Waals surface area contributed by atoms with Crippen LogP contribution >= 0.6 is 0 Å². The van der Waals surface area contributed by atoms with Gasteiger partial charge >= 0.3 is 0 Å². The molecule has 0 radical (unpaired) electrons. The van der Waals surface area contributed by atoms with E-state index in [1.54, 1.807) is 14.1 Å². The summed E-state index contributed by atoms with van der Waals surface area (Å²) in [4.78, 5) is 10.2. The maximum atomic E-state index is 10.2. The van der Waals surface area contributed by atoms with E-state index in [0.717, 1.165) is 0 Å². The molecule has 58 valence electrons. The summed E-state index contributed by atoms with van der Waals surface area (Å²) in [5.74, 6) is 0.426. The lowest BCUT2D eigenvalue weighted by atomic mass is 10.8. The normalized spacial score (nSPS) is 8.30.